The van der Waals surface area contributed by atoms with Crippen molar-refractivity contribution in [2.45, 2.75) is 122 Å². The van der Waals surface area contributed by atoms with Crippen molar-refractivity contribution in [1.29, 1.82) is 0 Å². The highest BCUT2D eigenvalue weighted by Gasteiger charge is 2.48. The van der Waals surface area contributed by atoms with Crippen molar-refractivity contribution in [3.8, 4) is 0 Å². The summed E-state index contributed by atoms with van der Waals surface area (Å²) in [7, 11) is -2.49. The SMILES string of the molecule is C=CC[C@H](C)[C@H](C(=O)OCC(Cl)(Cl)Cl)[C@@H](C)C(=O)C(C)(C)[C@H](CC(=O)O[C@@H](C/C=C(\C=C)C(F)(F)F)/C(C)=C/c1csc(C)n1)O[Si](CC)(CC)CC. The van der Waals surface area contributed by atoms with Crippen molar-refractivity contribution in [3.05, 3.63) is 58.6 Å². The van der Waals surface area contributed by atoms with E-state index in [-0.39, 0.29) is 24.5 Å². The number of carbonyl (C=O) groups excluding carboxylic acids is 3. The summed E-state index contributed by atoms with van der Waals surface area (Å²) in [5.41, 5.74) is -1.26. The number of thiazole rings is 1. The number of aryl methyl sites for hydroxylation is 1. The number of nitrogens with zero attached hydrogens (tertiary/aromatic N) is 1. The van der Waals surface area contributed by atoms with Gasteiger partial charge in [0.1, 0.15) is 18.5 Å². The van der Waals surface area contributed by atoms with Crippen LogP contribution in [0.1, 0.15) is 85.4 Å². The summed E-state index contributed by atoms with van der Waals surface area (Å²) in [6.07, 6.45) is -2.07. The second kappa shape index (κ2) is 21.4. The molecule has 0 saturated carbocycles. The van der Waals surface area contributed by atoms with Crippen molar-refractivity contribution < 1.29 is 41.5 Å². The van der Waals surface area contributed by atoms with Gasteiger partial charge in [0, 0.05) is 23.1 Å². The van der Waals surface area contributed by atoms with Crippen molar-refractivity contribution in [2.75, 3.05) is 6.61 Å². The third-order valence-corrected chi connectivity index (χ3v) is 15.5. The van der Waals surface area contributed by atoms with Gasteiger partial charge < -0.3 is 13.9 Å². The number of alkyl halides is 6. The lowest BCUT2D eigenvalue weighted by atomic mass is 9.70. The second-order valence-electron chi connectivity index (χ2n) is 13.9. The first-order valence-corrected chi connectivity index (χ1v) is 22.2. The number of ether oxygens (including phenoxy) is 2. The molecule has 1 heterocycles. The Hall–Kier alpha value is -1.96. The van der Waals surface area contributed by atoms with Gasteiger partial charge in [-0.1, -0.05) is 108 Å². The minimum absolute atomic E-state index is 0.292. The molecule has 0 radical (unpaired) electrons. The number of carbonyl (C=O) groups is 3. The van der Waals surface area contributed by atoms with Crippen molar-refractivity contribution in [2.24, 2.45) is 23.2 Å². The molecule has 300 valence electrons. The van der Waals surface area contributed by atoms with Crippen LogP contribution >= 0.6 is 46.1 Å². The van der Waals surface area contributed by atoms with Crippen LogP contribution in [0.15, 0.2) is 47.9 Å². The van der Waals surface area contributed by atoms with Crippen LogP contribution in [0.25, 0.3) is 6.08 Å². The molecule has 1 aromatic heterocycles. The van der Waals surface area contributed by atoms with Gasteiger partial charge in [-0.3, -0.25) is 14.4 Å². The Labute approximate surface area is 333 Å². The highest BCUT2D eigenvalue weighted by Crippen LogP contribution is 2.40. The van der Waals surface area contributed by atoms with Gasteiger partial charge in [0.25, 0.3) is 0 Å². The van der Waals surface area contributed by atoms with E-state index in [1.54, 1.807) is 52.2 Å². The molecule has 0 aliphatic rings. The lowest BCUT2D eigenvalue weighted by Crippen LogP contribution is -2.51. The van der Waals surface area contributed by atoms with Crippen LogP contribution in [-0.2, 0) is 28.3 Å². The summed E-state index contributed by atoms with van der Waals surface area (Å²) in [5, 5.41) is 2.58. The number of rotatable bonds is 22. The molecular weight excluding hydrogens is 790 g/mol. The van der Waals surface area contributed by atoms with E-state index in [1.165, 1.54) is 11.3 Å². The average molecular weight is 845 g/mol. The number of hydrogen-bond acceptors (Lipinski definition) is 8. The molecule has 53 heavy (non-hydrogen) atoms. The minimum Gasteiger partial charge on any atom is -0.461 e. The fraction of sp³-hybridized carbons (Fsp3) is 0.632. The molecular formula is C38H55Cl3F3NO6SSi. The van der Waals surface area contributed by atoms with E-state index in [9.17, 15) is 27.6 Å². The fourth-order valence-electron chi connectivity index (χ4n) is 6.25. The zero-order chi connectivity index (χ0) is 40.9. The molecule has 1 rings (SSSR count). The van der Waals surface area contributed by atoms with Crippen molar-refractivity contribution >= 4 is 78.3 Å². The molecule has 5 atom stereocenters. The van der Waals surface area contributed by atoms with Gasteiger partial charge in [0.2, 0.25) is 3.79 Å². The summed E-state index contributed by atoms with van der Waals surface area (Å²) >= 11 is 18.9. The number of allylic oxidation sites excluding steroid dienone is 3. The molecule has 0 fully saturated rings. The van der Waals surface area contributed by atoms with Gasteiger partial charge in [-0.05, 0) is 56.0 Å². The Morgan fingerprint density at radius 1 is 1.04 bits per heavy atom. The zero-order valence-corrected chi connectivity index (χ0v) is 36.3. The quantitative estimate of drug-likeness (QED) is 0.0377. The van der Waals surface area contributed by atoms with E-state index in [0.717, 1.165) is 11.1 Å². The predicted octanol–water partition coefficient (Wildman–Crippen LogP) is 11.6. The summed E-state index contributed by atoms with van der Waals surface area (Å²) in [5.74, 6) is -4.09. The molecule has 0 saturated heterocycles. The molecule has 7 nitrogen and oxygen atoms in total. The molecule has 0 unspecified atom stereocenters. The monoisotopic (exact) mass is 843 g/mol. The van der Waals surface area contributed by atoms with E-state index >= 15 is 0 Å². The lowest BCUT2D eigenvalue weighted by molar-refractivity contribution is -0.159. The van der Waals surface area contributed by atoms with Crippen LogP contribution in [-0.4, -0.2) is 59.8 Å². The Morgan fingerprint density at radius 3 is 2.08 bits per heavy atom. The number of hydrogen-bond donors (Lipinski definition) is 0. The molecule has 0 aliphatic heterocycles. The van der Waals surface area contributed by atoms with E-state index in [1.807, 2.05) is 27.7 Å². The molecule has 0 aromatic carbocycles. The molecule has 0 aliphatic carbocycles. The second-order valence-corrected chi connectivity index (χ2v) is 22.2. The standard InChI is InChI=1S/C38H55Cl3F3NO6SSi/c1-12-17-24(6)33(35(48)49-23-37(39,40)41)26(8)34(47)36(10,11)31(51-53(14-3,15-4)16-5)21-32(46)50-30(19-18-28(13-2)38(42,43)44)25(7)20-29-22-52-27(9)45-29/h12-13,18,20,22,24,26,30-31,33H,1-2,14-17,19,21,23H2,3-11H3/b25-20+,28-18+/t24-,26+,30-,31-,33-/m0/s1. The van der Waals surface area contributed by atoms with Crippen LogP contribution in [0.2, 0.25) is 18.1 Å². The molecule has 0 bridgehead atoms. The maximum atomic E-state index is 14.6. The highest BCUT2D eigenvalue weighted by molar-refractivity contribution is 7.09. The maximum Gasteiger partial charge on any atom is 0.416 e. The third-order valence-electron chi connectivity index (χ3n) is 9.76. The van der Waals surface area contributed by atoms with Gasteiger partial charge in [-0.15, -0.1) is 17.9 Å². The smallest absolute Gasteiger partial charge is 0.416 e. The number of halogens is 6. The fourth-order valence-corrected chi connectivity index (χ4v) is 9.96. The van der Waals surface area contributed by atoms with Crippen LogP contribution in [0, 0.1) is 30.1 Å². The van der Waals surface area contributed by atoms with Crippen molar-refractivity contribution in [3.63, 3.8) is 0 Å². The largest absolute Gasteiger partial charge is 0.461 e. The molecule has 0 N–H and O–H groups in total. The van der Waals surface area contributed by atoms with Gasteiger partial charge in [0.05, 0.1) is 34.7 Å². The van der Waals surface area contributed by atoms with Gasteiger partial charge in [-0.25, -0.2) is 4.98 Å². The average Bonchev–Trinajstić information content (AvgIpc) is 3.48. The zero-order valence-electron chi connectivity index (χ0n) is 32.2. The minimum atomic E-state index is -4.65. The van der Waals surface area contributed by atoms with E-state index in [4.69, 9.17) is 48.7 Å². The van der Waals surface area contributed by atoms with Crippen LogP contribution in [0.4, 0.5) is 13.2 Å². The molecule has 0 spiro atoms. The first-order chi connectivity index (χ1) is 24.4. The predicted molar refractivity (Wildman–Crippen MR) is 213 cm³/mol. The van der Waals surface area contributed by atoms with E-state index in [2.05, 4.69) is 18.1 Å². The molecule has 15 heteroatoms. The van der Waals surface area contributed by atoms with E-state index in [0.29, 0.717) is 41.9 Å². The maximum absolute atomic E-state index is 14.6. The van der Waals surface area contributed by atoms with Gasteiger partial charge in [-0.2, -0.15) is 13.2 Å². The van der Waals surface area contributed by atoms with Crippen LogP contribution in [0.5, 0.6) is 0 Å². The normalized spacial score (nSPS) is 16.3. The summed E-state index contributed by atoms with van der Waals surface area (Å²) in [6.45, 7) is 22.8. The van der Waals surface area contributed by atoms with Crippen LogP contribution < -0.4 is 0 Å². The lowest BCUT2D eigenvalue weighted by Gasteiger charge is -2.42. The van der Waals surface area contributed by atoms with Gasteiger partial charge in [0.15, 0.2) is 8.32 Å². The summed E-state index contributed by atoms with van der Waals surface area (Å²) in [4.78, 5) is 46.3. The highest BCUT2D eigenvalue weighted by atomic mass is 35.6. The Bertz CT molecular complexity index is 1460. The number of ketones is 1. The van der Waals surface area contributed by atoms with Crippen LogP contribution in [0.3, 0.4) is 0 Å². The van der Waals surface area contributed by atoms with Crippen molar-refractivity contribution in [1.82, 2.24) is 4.98 Å². The number of aromatic nitrogens is 1. The third kappa shape index (κ3) is 15.2. The molecule has 0 amide bonds. The summed E-state index contributed by atoms with van der Waals surface area (Å²) in [6, 6.07) is 2.12. The first kappa shape index (κ1) is 49.1. The molecule has 1 aromatic rings. The summed E-state index contributed by atoms with van der Waals surface area (Å²) < 4.78 is 57.1. The van der Waals surface area contributed by atoms with E-state index < -0.39 is 71.9 Å². The first-order valence-electron chi connectivity index (χ1n) is 17.7. The Kier molecular flexibility index (Phi) is 19.8. The number of Topliss-reactive ketones (excluding diaryl/α,β-unsaturated/α-hetero) is 1. The number of esters is 2. The Morgan fingerprint density at radius 2 is 1.62 bits per heavy atom. The van der Waals surface area contributed by atoms with Gasteiger partial charge >= 0.3 is 18.1 Å². The topological polar surface area (TPSA) is 91.8 Å². The Balaban J connectivity index is 3.67.